The van der Waals surface area contributed by atoms with E-state index in [1.165, 1.54) is 5.56 Å². The Morgan fingerprint density at radius 1 is 1.09 bits per heavy atom. The van der Waals surface area contributed by atoms with Crippen LogP contribution in [0.5, 0.6) is 0 Å². The number of benzene rings is 1. The van der Waals surface area contributed by atoms with Crippen molar-refractivity contribution in [1.29, 1.82) is 0 Å². The number of fused-ring (bicyclic) bond motifs is 1. The van der Waals surface area contributed by atoms with Crippen LogP contribution >= 0.6 is 0 Å². The van der Waals surface area contributed by atoms with E-state index in [2.05, 4.69) is 37.0 Å². The Kier molecular flexibility index (Phi) is 3.46. The van der Waals surface area contributed by atoms with Crippen molar-refractivity contribution >= 4 is 0 Å². The number of rotatable bonds is 3. The van der Waals surface area contributed by atoms with Gasteiger partial charge in [-0.05, 0) is 13.8 Å². The largest absolute Gasteiger partial charge is 0.361 e. The van der Waals surface area contributed by atoms with Crippen LogP contribution in [0.25, 0.3) is 11.4 Å². The third-order valence-electron chi connectivity index (χ3n) is 4.43. The van der Waals surface area contributed by atoms with Crippen molar-refractivity contribution < 1.29 is 4.52 Å². The van der Waals surface area contributed by atoms with Crippen LogP contribution in [0.4, 0.5) is 0 Å². The van der Waals surface area contributed by atoms with Gasteiger partial charge in [0.15, 0.2) is 5.82 Å². The molecule has 3 aromatic rings. The number of nitrogens with zero attached hydrogens (tertiary/aromatic N) is 5. The van der Waals surface area contributed by atoms with E-state index in [1.54, 1.807) is 0 Å². The molecule has 23 heavy (non-hydrogen) atoms. The molecule has 0 aliphatic carbocycles. The quantitative estimate of drug-likeness (QED) is 0.744. The molecule has 3 heterocycles. The van der Waals surface area contributed by atoms with Crippen LogP contribution < -0.4 is 0 Å². The van der Waals surface area contributed by atoms with Crippen LogP contribution in [-0.4, -0.2) is 31.4 Å². The first-order chi connectivity index (χ1) is 11.2. The Balaban J connectivity index is 1.56. The molecule has 1 aliphatic rings. The van der Waals surface area contributed by atoms with E-state index < -0.39 is 0 Å². The molecule has 1 aromatic carbocycles. The second kappa shape index (κ2) is 5.62. The Morgan fingerprint density at radius 3 is 2.65 bits per heavy atom. The molecule has 1 aliphatic heterocycles. The van der Waals surface area contributed by atoms with Gasteiger partial charge in [-0.15, -0.1) is 10.2 Å². The van der Waals surface area contributed by atoms with Gasteiger partial charge in [0.1, 0.15) is 11.6 Å². The van der Waals surface area contributed by atoms with Gasteiger partial charge in [0.2, 0.25) is 0 Å². The summed E-state index contributed by atoms with van der Waals surface area (Å²) in [4.78, 5) is 2.37. The number of hydrogen-bond donors (Lipinski definition) is 0. The SMILES string of the molecule is Cc1noc(C)c1CN1CCn2c(nnc2-c2ccccc2)C1. The van der Waals surface area contributed by atoms with Crippen molar-refractivity contribution in [2.24, 2.45) is 0 Å². The lowest BCUT2D eigenvalue weighted by Gasteiger charge is -2.27. The first-order valence-corrected chi connectivity index (χ1v) is 7.84. The Bertz CT molecular complexity index is 801. The van der Waals surface area contributed by atoms with Crippen LogP contribution in [-0.2, 0) is 19.6 Å². The molecule has 0 fully saturated rings. The van der Waals surface area contributed by atoms with Gasteiger partial charge < -0.3 is 9.09 Å². The lowest BCUT2D eigenvalue weighted by atomic mass is 10.1. The van der Waals surface area contributed by atoms with Crippen molar-refractivity contribution in [1.82, 2.24) is 24.8 Å². The summed E-state index contributed by atoms with van der Waals surface area (Å²) in [7, 11) is 0. The van der Waals surface area contributed by atoms with Gasteiger partial charge in [-0.25, -0.2) is 0 Å². The highest BCUT2D eigenvalue weighted by molar-refractivity contribution is 5.55. The molecule has 0 spiro atoms. The van der Waals surface area contributed by atoms with Gasteiger partial charge in [-0.2, -0.15) is 0 Å². The summed E-state index contributed by atoms with van der Waals surface area (Å²) in [6, 6.07) is 10.2. The fourth-order valence-corrected chi connectivity index (χ4v) is 3.09. The Labute approximate surface area is 134 Å². The van der Waals surface area contributed by atoms with E-state index in [1.807, 2.05) is 32.0 Å². The maximum atomic E-state index is 5.26. The molecule has 0 saturated carbocycles. The van der Waals surface area contributed by atoms with Crippen molar-refractivity contribution in [2.45, 2.75) is 33.5 Å². The van der Waals surface area contributed by atoms with Gasteiger partial charge in [0.25, 0.3) is 0 Å². The highest BCUT2D eigenvalue weighted by Gasteiger charge is 2.23. The summed E-state index contributed by atoms with van der Waals surface area (Å²) >= 11 is 0. The highest BCUT2D eigenvalue weighted by Crippen LogP contribution is 2.23. The molecule has 6 heteroatoms. The second-order valence-corrected chi connectivity index (χ2v) is 5.97. The van der Waals surface area contributed by atoms with E-state index in [4.69, 9.17) is 4.52 Å². The van der Waals surface area contributed by atoms with Crippen LogP contribution in [0.1, 0.15) is 22.8 Å². The molecule has 0 saturated heterocycles. The summed E-state index contributed by atoms with van der Waals surface area (Å²) in [6.07, 6.45) is 0. The summed E-state index contributed by atoms with van der Waals surface area (Å²) in [5.41, 5.74) is 3.27. The lowest BCUT2D eigenvalue weighted by Crippen LogP contribution is -2.33. The topological polar surface area (TPSA) is 60.0 Å². The standard InChI is InChI=1S/C17H19N5O/c1-12-15(13(2)23-20-12)10-21-8-9-22-16(11-21)18-19-17(22)14-6-4-3-5-7-14/h3-7H,8-11H2,1-2H3. The number of aryl methyl sites for hydroxylation is 2. The molecule has 6 nitrogen and oxygen atoms in total. The van der Waals surface area contributed by atoms with E-state index in [-0.39, 0.29) is 0 Å². The molecule has 0 atom stereocenters. The third-order valence-corrected chi connectivity index (χ3v) is 4.43. The minimum atomic E-state index is 0.796. The van der Waals surface area contributed by atoms with E-state index in [9.17, 15) is 0 Å². The van der Waals surface area contributed by atoms with E-state index in [0.717, 1.165) is 54.8 Å². The molecule has 4 rings (SSSR count). The lowest BCUT2D eigenvalue weighted by molar-refractivity contribution is 0.208. The molecule has 0 unspecified atom stereocenters. The van der Waals surface area contributed by atoms with Crippen molar-refractivity contribution in [3.05, 3.63) is 53.2 Å². The smallest absolute Gasteiger partial charge is 0.164 e. The zero-order chi connectivity index (χ0) is 15.8. The first kappa shape index (κ1) is 14.1. The molecular formula is C17H19N5O. The molecular weight excluding hydrogens is 290 g/mol. The monoisotopic (exact) mass is 309 g/mol. The zero-order valence-electron chi connectivity index (χ0n) is 13.4. The summed E-state index contributed by atoms with van der Waals surface area (Å²) < 4.78 is 7.48. The Morgan fingerprint density at radius 2 is 1.91 bits per heavy atom. The summed E-state index contributed by atoms with van der Waals surface area (Å²) in [6.45, 7) is 7.46. The fraction of sp³-hybridized carbons (Fsp3) is 0.353. The normalized spacial score (nSPS) is 14.9. The summed E-state index contributed by atoms with van der Waals surface area (Å²) in [5, 5.41) is 12.8. The maximum absolute atomic E-state index is 5.26. The second-order valence-electron chi connectivity index (χ2n) is 5.97. The van der Waals surface area contributed by atoms with Gasteiger partial charge in [0, 0.05) is 30.8 Å². The van der Waals surface area contributed by atoms with Crippen LogP contribution in [0, 0.1) is 13.8 Å². The zero-order valence-corrected chi connectivity index (χ0v) is 13.4. The number of hydrogen-bond acceptors (Lipinski definition) is 5. The third kappa shape index (κ3) is 2.55. The fourth-order valence-electron chi connectivity index (χ4n) is 3.09. The molecule has 0 bridgehead atoms. The first-order valence-electron chi connectivity index (χ1n) is 7.84. The van der Waals surface area contributed by atoms with Crippen LogP contribution in [0.3, 0.4) is 0 Å². The number of aromatic nitrogens is 4. The van der Waals surface area contributed by atoms with Gasteiger partial charge >= 0.3 is 0 Å². The minimum Gasteiger partial charge on any atom is -0.361 e. The highest BCUT2D eigenvalue weighted by atomic mass is 16.5. The van der Waals surface area contributed by atoms with Gasteiger partial charge in [-0.3, -0.25) is 4.90 Å². The van der Waals surface area contributed by atoms with Crippen LogP contribution in [0.2, 0.25) is 0 Å². The van der Waals surface area contributed by atoms with E-state index in [0.29, 0.717) is 0 Å². The van der Waals surface area contributed by atoms with Crippen molar-refractivity contribution in [3.8, 4) is 11.4 Å². The average molecular weight is 309 g/mol. The van der Waals surface area contributed by atoms with Gasteiger partial charge in [-0.1, -0.05) is 35.5 Å². The maximum Gasteiger partial charge on any atom is 0.164 e. The van der Waals surface area contributed by atoms with Gasteiger partial charge in [0.05, 0.1) is 12.2 Å². The Hall–Kier alpha value is -2.47. The minimum absolute atomic E-state index is 0.796. The molecule has 118 valence electrons. The average Bonchev–Trinajstić information content (AvgIpc) is 3.14. The predicted octanol–water partition coefficient (Wildman–Crippen LogP) is 2.57. The van der Waals surface area contributed by atoms with E-state index >= 15 is 0 Å². The van der Waals surface area contributed by atoms with Crippen molar-refractivity contribution in [3.63, 3.8) is 0 Å². The summed E-state index contributed by atoms with van der Waals surface area (Å²) in [5.74, 6) is 2.87. The van der Waals surface area contributed by atoms with Crippen LogP contribution in [0.15, 0.2) is 34.9 Å². The van der Waals surface area contributed by atoms with Crippen molar-refractivity contribution in [2.75, 3.05) is 6.54 Å². The molecule has 2 aromatic heterocycles. The predicted molar refractivity (Wildman–Crippen MR) is 85.5 cm³/mol. The molecule has 0 N–H and O–H groups in total. The molecule has 0 amide bonds. The molecule has 0 radical (unpaired) electrons.